The first-order valence-corrected chi connectivity index (χ1v) is 8.75. The van der Waals surface area contributed by atoms with E-state index in [0.717, 1.165) is 31.4 Å². The fourth-order valence-corrected chi connectivity index (χ4v) is 3.70. The van der Waals surface area contributed by atoms with Crippen LogP contribution in [-0.2, 0) is 4.79 Å². The molecule has 5 nitrogen and oxygen atoms in total. The third-order valence-electron chi connectivity index (χ3n) is 5.12. The minimum atomic E-state index is -0.861. The number of hydrogen-bond acceptors (Lipinski definition) is 3. The van der Waals surface area contributed by atoms with Gasteiger partial charge in [0.25, 0.3) is 5.91 Å². The van der Waals surface area contributed by atoms with Crippen LogP contribution in [0.25, 0.3) is 0 Å². The van der Waals surface area contributed by atoms with Gasteiger partial charge in [0.05, 0.1) is 0 Å². The molecule has 2 aliphatic rings. The maximum absolute atomic E-state index is 13.8. The lowest BCUT2D eigenvalue weighted by Gasteiger charge is -2.37. The van der Waals surface area contributed by atoms with Crippen LogP contribution in [0.15, 0.2) is 18.2 Å². The van der Waals surface area contributed by atoms with E-state index in [0.29, 0.717) is 19.5 Å². The predicted octanol–water partition coefficient (Wildman–Crippen LogP) is 2.19. The molecule has 1 aliphatic heterocycles. The van der Waals surface area contributed by atoms with Crippen LogP contribution in [0.4, 0.5) is 8.78 Å². The predicted molar refractivity (Wildman–Crippen MR) is 96.0 cm³/mol. The van der Waals surface area contributed by atoms with Crippen molar-refractivity contribution in [1.82, 2.24) is 9.80 Å². The summed E-state index contributed by atoms with van der Waals surface area (Å²) in [6, 6.07) is 3.45. The summed E-state index contributed by atoms with van der Waals surface area (Å²) in [5.74, 6) is -2.35. The normalized spacial score (nSPS) is 23.3. The Morgan fingerprint density at radius 3 is 2.15 bits per heavy atom. The Balaban J connectivity index is 0.00000243. The third-order valence-corrected chi connectivity index (χ3v) is 5.12. The van der Waals surface area contributed by atoms with Crippen LogP contribution >= 0.6 is 12.4 Å². The molecule has 1 heterocycles. The highest BCUT2D eigenvalue weighted by atomic mass is 35.5. The first-order chi connectivity index (χ1) is 12.0. The minimum Gasteiger partial charge on any atom is -0.339 e. The first kappa shape index (κ1) is 20.6. The van der Waals surface area contributed by atoms with Gasteiger partial charge in [-0.05, 0) is 31.4 Å². The van der Waals surface area contributed by atoms with Crippen LogP contribution in [0.3, 0.4) is 0 Å². The lowest BCUT2D eigenvalue weighted by Crippen LogP contribution is -2.52. The van der Waals surface area contributed by atoms with Crippen molar-refractivity contribution in [3.8, 4) is 0 Å². The smallest absolute Gasteiger partial charge is 0.259 e. The summed E-state index contributed by atoms with van der Waals surface area (Å²) in [7, 11) is 0. The van der Waals surface area contributed by atoms with Gasteiger partial charge in [0.2, 0.25) is 5.91 Å². The van der Waals surface area contributed by atoms with Crippen LogP contribution < -0.4 is 5.73 Å². The van der Waals surface area contributed by atoms with Gasteiger partial charge in [-0.2, -0.15) is 0 Å². The highest BCUT2D eigenvalue weighted by molar-refractivity contribution is 5.95. The number of rotatable bonds is 2. The summed E-state index contributed by atoms with van der Waals surface area (Å²) in [6.45, 7) is 1.31. The number of benzene rings is 1. The Bertz CT molecular complexity index is 646. The Labute approximate surface area is 157 Å². The molecule has 1 aliphatic carbocycles. The molecule has 3 rings (SSSR count). The van der Waals surface area contributed by atoms with E-state index in [-0.39, 0.29) is 43.4 Å². The molecule has 2 amide bonds. The number of nitrogens with two attached hydrogens (primary N) is 1. The molecule has 2 unspecified atom stereocenters. The van der Waals surface area contributed by atoms with Gasteiger partial charge in [0.1, 0.15) is 17.2 Å². The number of hydrogen-bond donors (Lipinski definition) is 1. The molecule has 2 fully saturated rings. The number of piperazine rings is 1. The molecule has 1 saturated carbocycles. The van der Waals surface area contributed by atoms with E-state index < -0.39 is 23.1 Å². The number of carbonyl (C=O) groups is 2. The summed E-state index contributed by atoms with van der Waals surface area (Å²) in [6.07, 6.45) is 3.48. The molecule has 1 saturated heterocycles. The van der Waals surface area contributed by atoms with Crippen molar-refractivity contribution in [3.05, 3.63) is 35.4 Å². The Hall–Kier alpha value is -1.73. The quantitative estimate of drug-likeness (QED) is 0.845. The van der Waals surface area contributed by atoms with E-state index in [2.05, 4.69) is 0 Å². The molecular formula is C18H24ClF2N3O2. The largest absolute Gasteiger partial charge is 0.339 e. The second-order valence-electron chi connectivity index (χ2n) is 6.84. The third kappa shape index (κ3) is 4.32. The van der Waals surface area contributed by atoms with E-state index in [1.54, 1.807) is 4.90 Å². The molecule has 0 spiro atoms. The van der Waals surface area contributed by atoms with E-state index in [9.17, 15) is 18.4 Å². The molecule has 0 radical (unpaired) electrons. The van der Waals surface area contributed by atoms with Gasteiger partial charge >= 0.3 is 0 Å². The molecule has 1 aromatic carbocycles. The standard InChI is InChI=1S/C18H23F2N3O2.ClH/c19-14-5-2-6-15(20)16(14)18(25)23-9-7-22(8-10-23)17(24)12-3-1-4-13(21)11-12;/h2,5-6,12-13H,1,3-4,7-11,21H2;1H. The zero-order valence-electron chi connectivity index (χ0n) is 14.5. The maximum Gasteiger partial charge on any atom is 0.259 e. The highest BCUT2D eigenvalue weighted by Crippen LogP contribution is 2.25. The van der Waals surface area contributed by atoms with E-state index in [4.69, 9.17) is 5.73 Å². The van der Waals surface area contributed by atoms with Crippen LogP contribution in [0.1, 0.15) is 36.0 Å². The molecule has 0 bridgehead atoms. The Morgan fingerprint density at radius 2 is 1.58 bits per heavy atom. The SMILES string of the molecule is Cl.NC1CCCC(C(=O)N2CCN(C(=O)c3c(F)cccc3F)CC2)C1. The Kier molecular flexibility index (Phi) is 6.94. The number of halogens is 3. The monoisotopic (exact) mass is 387 g/mol. The van der Waals surface area contributed by atoms with E-state index in [1.165, 1.54) is 11.0 Å². The van der Waals surface area contributed by atoms with Crippen molar-refractivity contribution in [2.75, 3.05) is 26.2 Å². The number of carbonyl (C=O) groups excluding carboxylic acids is 2. The van der Waals surface area contributed by atoms with Crippen LogP contribution in [-0.4, -0.2) is 53.8 Å². The van der Waals surface area contributed by atoms with Crippen molar-refractivity contribution in [2.24, 2.45) is 11.7 Å². The topological polar surface area (TPSA) is 66.6 Å². The van der Waals surface area contributed by atoms with E-state index in [1.807, 2.05) is 0 Å². The molecule has 144 valence electrons. The molecule has 26 heavy (non-hydrogen) atoms. The lowest BCUT2D eigenvalue weighted by molar-refractivity contribution is -0.138. The van der Waals surface area contributed by atoms with Gasteiger partial charge in [-0.25, -0.2) is 8.78 Å². The maximum atomic E-state index is 13.8. The average molecular weight is 388 g/mol. The van der Waals surface area contributed by atoms with Crippen LogP contribution in [0.2, 0.25) is 0 Å². The van der Waals surface area contributed by atoms with Gasteiger partial charge in [-0.15, -0.1) is 12.4 Å². The molecule has 8 heteroatoms. The zero-order chi connectivity index (χ0) is 18.0. The van der Waals surface area contributed by atoms with Gasteiger partial charge in [-0.1, -0.05) is 12.5 Å². The zero-order valence-corrected chi connectivity index (χ0v) is 15.3. The van der Waals surface area contributed by atoms with Gasteiger partial charge < -0.3 is 15.5 Å². The number of nitrogens with zero attached hydrogens (tertiary/aromatic N) is 2. The fourth-order valence-electron chi connectivity index (χ4n) is 3.70. The van der Waals surface area contributed by atoms with Crippen LogP contribution in [0, 0.1) is 17.6 Å². The van der Waals surface area contributed by atoms with Gasteiger partial charge in [0, 0.05) is 38.1 Å². The summed E-state index contributed by atoms with van der Waals surface area (Å²) < 4.78 is 27.6. The first-order valence-electron chi connectivity index (χ1n) is 8.75. The molecular weight excluding hydrogens is 364 g/mol. The van der Waals surface area contributed by atoms with E-state index >= 15 is 0 Å². The molecule has 2 N–H and O–H groups in total. The van der Waals surface area contributed by atoms with Crippen molar-refractivity contribution >= 4 is 24.2 Å². The van der Waals surface area contributed by atoms with Gasteiger partial charge in [-0.3, -0.25) is 9.59 Å². The average Bonchev–Trinajstić information content (AvgIpc) is 2.61. The van der Waals surface area contributed by atoms with Crippen molar-refractivity contribution < 1.29 is 18.4 Å². The summed E-state index contributed by atoms with van der Waals surface area (Å²) in [5.41, 5.74) is 5.43. The van der Waals surface area contributed by atoms with Crippen molar-refractivity contribution in [2.45, 2.75) is 31.7 Å². The minimum absolute atomic E-state index is 0. The summed E-state index contributed by atoms with van der Waals surface area (Å²) in [5, 5.41) is 0. The second kappa shape index (κ2) is 8.77. The second-order valence-corrected chi connectivity index (χ2v) is 6.84. The Morgan fingerprint density at radius 1 is 1.00 bits per heavy atom. The summed E-state index contributed by atoms with van der Waals surface area (Å²) >= 11 is 0. The fraction of sp³-hybridized carbons (Fsp3) is 0.556. The van der Waals surface area contributed by atoms with Gasteiger partial charge in [0.15, 0.2) is 0 Å². The number of amides is 2. The molecule has 2 atom stereocenters. The summed E-state index contributed by atoms with van der Waals surface area (Å²) in [4.78, 5) is 28.1. The molecule has 0 aromatic heterocycles. The lowest BCUT2D eigenvalue weighted by atomic mass is 9.85. The molecule has 1 aromatic rings. The van der Waals surface area contributed by atoms with Crippen molar-refractivity contribution in [1.29, 1.82) is 0 Å². The highest BCUT2D eigenvalue weighted by Gasteiger charge is 2.32. The van der Waals surface area contributed by atoms with Crippen molar-refractivity contribution in [3.63, 3.8) is 0 Å². The van der Waals surface area contributed by atoms with Crippen LogP contribution in [0.5, 0.6) is 0 Å².